The first-order chi connectivity index (χ1) is 13.9. The van der Waals surface area contributed by atoms with Crippen molar-refractivity contribution in [2.75, 3.05) is 25.1 Å². The molecule has 1 aliphatic heterocycles. The van der Waals surface area contributed by atoms with Crippen molar-refractivity contribution < 1.29 is 24.2 Å². The highest BCUT2D eigenvalue weighted by Crippen LogP contribution is 2.44. The summed E-state index contributed by atoms with van der Waals surface area (Å²) in [4.78, 5) is 40.3. The fourth-order valence-electron chi connectivity index (χ4n) is 4.31. The van der Waals surface area contributed by atoms with Gasteiger partial charge in [0, 0.05) is 12.5 Å². The molecular weight excluding hydrogens is 396 g/mol. The number of hydrogen-bond donors (Lipinski definition) is 2. The molecule has 0 bridgehead atoms. The Morgan fingerprint density at radius 2 is 2.00 bits per heavy atom. The number of nitrogens with zero attached hydrogens (tertiary/aromatic N) is 1. The summed E-state index contributed by atoms with van der Waals surface area (Å²) in [6.45, 7) is 3.50. The second-order valence-corrected chi connectivity index (χ2v) is 7.70. The summed E-state index contributed by atoms with van der Waals surface area (Å²) in [7, 11) is 0. The van der Waals surface area contributed by atoms with Gasteiger partial charge in [-0.25, -0.2) is 0 Å². The summed E-state index contributed by atoms with van der Waals surface area (Å²) in [6, 6.07) is 5.97. The number of carbonyl (C=O) groups excluding carboxylic acids is 3. The third-order valence-corrected chi connectivity index (χ3v) is 5.90. The maximum absolute atomic E-state index is 13.2. The molecule has 29 heavy (non-hydrogen) atoms. The Bertz CT molecular complexity index is 827. The first-order valence-corrected chi connectivity index (χ1v) is 10.1. The SMILES string of the molecule is CCOC(=O)[C@H]1[C@H]2C(=O)N(CCO)[C@H](C(=O)Nc3ccccc3Cl)[C@H]2C=C[C@H]1C. The van der Waals surface area contributed by atoms with Crippen LogP contribution < -0.4 is 5.32 Å². The highest BCUT2D eigenvalue weighted by molar-refractivity contribution is 6.33. The van der Waals surface area contributed by atoms with Crippen molar-refractivity contribution in [1.29, 1.82) is 0 Å². The normalized spacial score (nSPS) is 28.2. The number of β-amino-alcohol motifs (C(OH)–C–C–N with tert-alkyl or cyclic N) is 1. The number of nitrogens with one attached hydrogen (secondary N) is 1. The number of ether oxygens (including phenoxy) is 1. The zero-order valence-corrected chi connectivity index (χ0v) is 17.1. The van der Waals surface area contributed by atoms with Gasteiger partial charge in [-0.3, -0.25) is 14.4 Å². The molecule has 1 aliphatic carbocycles. The summed E-state index contributed by atoms with van der Waals surface area (Å²) >= 11 is 6.15. The number of carbonyl (C=O) groups is 3. The second-order valence-electron chi connectivity index (χ2n) is 7.29. The first-order valence-electron chi connectivity index (χ1n) is 9.72. The number of para-hydroxylation sites is 1. The topological polar surface area (TPSA) is 95.9 Å². The molecule has 2 aliphatic rings. The molecule has 1 heterocycles. The smallest absolute Gasteiger partial charge is 0.310 e. The minimum Gasteiger partial charge on any atom is -0.466 e. The van der Waals surface area contributed by atoms with Crippen LogP contribution in [0.3, 0.4) is 0 Å². The van der Waals surface area contributed by atoms with Crippen LogP contribution in [-0.2, 0) is 19.1 Å². The van der Waals surface area contributed by atoms with E-state index in [2.05, 4.69) is 5.32 Å². The monoisotopic (exact) mass is 420 g/mol. The van der Waals surface area contributed by atoms with Gasteiger partial charge in [0.2, 0.25) is 11.8 Å². The van der Waals surface area contributed by atoms with Crippen LogP contribution in [0.4, 0.5) is 5.69 Å². The van der Waals surface area contributed by atoms with E-state index >= 15 is 0 Å². The third-order valence-electron chi connectivity index (χ3n) is 5.57. The molecule has 2 amide bonds. The zero-order valence-electron chi connectivity index (χ0n) is 16.4. The van der Waals surface area contributed by atoms with E-state index in [1.165, 1.54) is 4.90 Å². The molecular formula is C21H25ClN2O5. The van der Waals surface area contributed by atoms with Crippen molar-refractivity contribution in [3.8, 4) is 0 Å². The van der Waals surface area contributed by atoms with Gasteiger partial charge in [0.1, 0.15) is 6.04 Å². The van der Waals surface area contributed by atoms with Crippen molar-refractivity contribution in [2.45, 2.75) is 19.9 Å². The lowest BCUT2D eigenvalue weighted by Crippen LogP contribution is -2.45. The van der Waals surface area contributed by atoms with Crippen molar-refractivity contribution in [1.82, 2.24) is 4.90 Å². The second kappa shape index (κ2) is 8.97. The number of rotatable bonds is 6. The maximum atomic E-state index is 13.2. The van der Waals surface area contributed by atoms with Crippen LogP contribution in [0.25, 0.3) is 0 Å². The van der Waals surface area contributed by atoms with Gasteiger partial charge in [-0.1, -0.05) is 42.8 Å². The Morgan fingerprint density at radius 1 is 1.28 bits per heavy atom. The van der Waals surface area contributed by atoms with E-state index in [1.54, 1.807) is 31.2 Å². The Labute approximate surface area is 174 Å². The number of hydrogen-bond acceptors (Lipinski definition) is 5. The molecule has 1 saturated heterocycles. The Balaban J connectivity index is 1.94. The van der Waals surface area contributed by atoms with E-state index in [-0.39, 0.29) is 31.6 Å². The molecule has 8 heteroatoms. The number of benzene rings is 1. The lowest BCUT2D eigenvalue weighted by molar-refractivity contribution is -0.155. The molecule has 156 valence electrons. The highest BCUT2D eigenvalue weighted by Gasteiger charge is 2.56. The number of halogens is 1. The largest absolute Gasteiger partial charge is 0.466 e. The van der Waals surface area contributed by atoms with Crippen LogP contribution in [0.5, 0.6) is 0 Å². The van der Waals surface area contributed by atoms with Crippen LogP contribution in [0.1, 0.15) is 13.8 Å². The van der Waals surface area contributed by atoms with Gasteiger partial charge in [-0.05, 0) is 25.0 Å². The van der Waals surface area contributed by atoms with Gasteiger partial charge in [0.05, 0.1) is 35.8 Å². The van der Waals surface area contributed by atoms with Gasteiger partial charge in [-0.15, -0.1) is 0 Å². The quantitative estimate of drug-likeness (QED) is 0.542. The molecule has 3 rings (SSSR count). The molecule has 0 radical (unpaired) electrons. The summed E-state index contributed by atoms with van der Waals surface area (Å²) in [5, 5.41) is 12.6. The minimum atomic E-state index is -0.850. The highest BCUT2D eigenvalue weighted by atomic mass is 35.5. The van der Waals surface area contributed by atoms with Crippen LogP contribution in [0.15, 0.2) is 36.4 Å². The molecule has 0 unspecified atom stereocenters. The average molecular weight is 421 g/mol. The Morgan fingerprint density at radius 3 is 2.66 bits per heavy atom. The van der Waals surface area contributed by atoms with Crippen LogP contribution in [0, 0.1) is 23.7 Å². The van der Waals surface area contributed by atoms with Crippen molar-refractivity contribution in [3.05, 3.63) is 41.4 Å². The van der Waals surface area contributed by atoms with Crippen LogP contribution >= 0.6 is 11.6 Å². The van der Waals surface area contributed by atoms with Crippen molar-refractivity contribution >= 4 is 35.1 Å². The van der Waals surface area contributed by atoms with Gasteiger partial charge >= 0.3 is 5.97 Å². The Hall–Kier alpha value is -2.38. The maximum Gasteiger partial charge on any atom is 0.310 e. The van der Waals surface area contributed by atoms with Crippen LogP contribution in [-0.4, -0.2) is 53.6 Å². The fraction of sp³-hybridized carbons (Fsp3) is 0.476. The van der Waals surface area contributed by atoms with Crippen molar-refractivity contribution in [2.24, 2.45) is 23.7 Å². The van der Waals surface area contributed by atoms with E-state index in [9.17, 15) is 19.5 Å². The molecule has 7 nitrogen and oxygen atoms in total. The number of allylic oxidation sites excluding steroid dienone is 1. The fourth-order valence-corrected chi connectivity index (χ4v) is 4.49. The van der Waals surface area contributed by atoms with Gasteiger partial charge < -0.3 is 20.1 Å². The van der Waals surface area contributed by atoms with Gasteiger partial charge in [0.15, 0.2) is 0 Å². The summed E-state index contributed by atoms with van der Waals surface area (Å²) < 4.78 is 5.20. The number of likely N-dealkylation sites (tertiary alicyclic amines) is 1. The van der Waals surface area contributed by atoms with E-state index in [1.807, 2.05) is 19.1 Å². The molecule has 1 fully saturated rings. The molecule has 1 aromatic rings. The van der Waals surface area contributed by atoms with E-state index in [0.29, 0.717) is 10.7 Å². The van der Waals surface area contributed by atoms with Crippen molar-refractivity contribution in [3.63, 3.8) is 0 Å². The minimum absolute atomic E-state index is 0.00417. The lowest BCUT2D eigenvalue weighted by atomic mass is 9.70. The molecule has 0 saturated carbocycles. The Kier molecular flexibility index (Phi) is 6.59. The number of anilines is 1. The number of fused-ring (bicyclic) bond motifs is 1. The predicted octanol–water partition coefficient (Wildman–Crippen LogP) is 2.10. The molecule has 2 N–H and O–H groups in total. The van der Waals surface area contributed by atoms with E-state index < -0.39 is 35.7 Å². The number of aliphatic hydroxyl groups excluding tert-OH is 1. The molecule has 5 atom stereocenters. The molecule has 0 aromatic heterocycles. The standard InChI is InChI=1S/C21H25ClN2O5/c1-3-29-21(28)16-12(2)8-9-13-17(16)20(27)24(10-11-25)18(13)19(26)23-15-7-5-4-6-14(15)22/h4-9,12-13,16-18,25H,3,10-11H2,1-2H3,(H,23,26)/t12-,13+,16-,17+,18+/m1/s1. The zero-order chi connectivity index (χ0) is 21.1. The van der Waals surface area contributed by atoms with Gasteiger partial charge in [0.25, 0.3) is 0 Å². The molecule has 0 spiro atoms. The number of amides is 2. The van der Waals surface area contributed by atoms with Gasteiger partial charge in [-0.2, -0.15) is 0 Å². The predicted molar refractivity (Wildman–Crippen MR) is 108 cm³/mol. The van der Waals surface area contributed by atoms with E-state index in [4.69, 9.17) is 16.3 Å². The first kappa shape index (κ1) is 21.3. The number of esters is 1. The number of aliphatic hydroxyl groups is 1. The van der Waals surface area contributed by atoms with Crippen LogP contribution in [0.2, 0.25) is 5.02 Å². The summed E-state index contributed by atoms with van der Waals surface area (Å²) in [5.74, 6) is -3.24. The summed E-state index contributed by atoms with van der Waals surface area (Å²) in [5.41, 5.74) is 0.439. The average Bonchev–Trinajstić information content (AvgIpc) is 2.96. The third kappa shape index (κ3) is 4.02. The molecule has 1 aromatic carbocycles. The summed E-state index contributed by atoms with van der Waals surface area (Å²) in [6.07, 6.45) is 3.69. The van der Waals surface area contributed by atoms with E-state index in [0.717, 1.165) is 0 Å². The lowest BCUT2D eigenvalue weighted by Gasteiger charge is -2.32.